The molecule has 0 unspecified atom stereocenters. The number of unbranched alkanes of at least 4 members (excludes halogenated alkanes) is 1. The molecule has 3 aromatic heterocycles. The Kier molecular flexibility index (Phi) is 8.54. The van der Waals surface area contributed by atoms with Crippen molar-refractivity contribution >= 4 is 27.1 Å². The maximum absolute atomic E-state index is 13.2. The third-order valence-corrected chi connectivity index (χ3v) is 8.59. The van der Waals surface area contributed by atoms with Crippen molar-refractivity contribution in [1.29, 1.82) is 0 Å². The summed E-state index contributed by atoms with van der Waals surface area (Å²) in [4.78, 5) is 18.4. The molecule has 3 heterocycles. The van der Waals surface area contributed by atoms with Crippen molar-refractivity contribution in [3.8, 4) is 34.6 Å². The normalized spacial score (nSPS) is 16.8. The number of aromatic nitrogens is 5. The number of benzene rings is 1. The molecule has 1 N–H and O–H groups in total. The van der Waals surface area contributed by atoms with Gasteiger partial charge in [-0.2, -0.15) is 0 Å². The second kappa shape index (κ2) is 12.3. The van der Waals surface area contributed by atoms with Crippen LogP contribution in [0.15, 0.2) is 42.6 Å². The van der Waals surface area contributed by atoms with Gasteiger partial charge in [-0.05, 0) is 44.4 Å². The summed E-state index contributed by atoms with van der Waals surface area (Å²) >= 11 is 0. The van der Waals surface area contributed by atoms with E-state index in [9.17, 15) is 8.42 Å². The first-order valence-corrected chi connectivity index (χ1v) is 15.1. The molecule has 5 rings (SSSR count). The smallest absolute Gasteiger partial charge is 0.237 e. The SMILES string of the molecule is CCCCO[C@H]1C[C@H](S(=O)(=O)Nc2cnc3nc(-c4cccc(OCC)n4)n(-c4c(OC)cccc4OC)c3n2)C1. The van der Waals surface area contributed by atoms with E-state index in [1.165, 1.54) is 6.20 Å². The molecule has 41 heavy (non-hydrogen) atoms. The molecule has 0 spiro atoms. The maximum atomic E-state index is 13.2. The van der Waals surface area contributed by atoms with E-state index in [0.29, 0.717) is 66.3 Å². The van der Waals surface area contributed by atoms with E-state index in [1.54, 1.807) is 49.1 Å². The highest BCUT2D eigenvalue weighted by Gasteiger charge is 2.39. The number of rotatable bonds is 13. The van der Waals surface area contributed by atoms with Gasteiger partial charge in [0.2, 0.25) is 15.9 Å². The molecular formula is C28H34N6O6S. The second-order valence-electron chi connectivity index (χ2n) is 9.57. The molecule has 12 nitrogen and oxygen atoms in total. The van der Waals surface area contributed by atoms with Crippen LogP contribution >= 0.6 is 0 Å². The van der Waals surface area contributed by atoms with Crippen LogP contribution in [0.5, 0.6) is 17.4 Å². The zero-order chi connectivity index (χ0) is 29.0. The van der Waals surface area contributed by atoms with Crippen molar-refractivity contribution in [2.45, 2.75) is 50.9 Å². The Balaban J connectivity index is 1.56. The van der Waals surface area contributed by atoms with Crippen LogP contribution in [-0.4, -0.2) is 71.7 Å². The predicted octanol–water partition coefficient (Wildman–Crippen LogP) is 4.38. The number of nitrogens with zero attached hydrogens (tertiary/aromatic N) is 5. The minimum Gasteiger partial charge on any atom is -0.494 e. The Morgan fingerprint density at radius 3 is 2.41 bits per heavy atom. The van der Waals surface area contributed by atoms with Crippen LogP contribution in [0.2, 0.25) is 0 Å². The average molecular weight is 583 g/mol. The van der Waals surface area contributed by atoms with Gasteiger partial charge in [-0.15, -0.1) is 0 Å². The van der Waals surface area contributed by atoms with Gasteiger partial charge in [-0.25, -0.2) is 28.4 Å². The lowest BCUT2D eigenvalue weighted by atomic mass is 9.95. The summed E-state index contributed by atoms with van der Waals surface area (Å²) in [6.45, 7) is 5.06. The fourth-order valence-electron chi connectivity index (χ4n) is 4.64. The molecule has 0 atom stereocenters. The molecule has 0 amide bonds. The molecule has 0 bridgehead atoms. The van der Waals surface area contributed by atoms with Crippen molar-refractivity contribution in [3.63, 3.8) is 0 Å². The van der Waals surface area contributed by atoms with Crippen molar-refractivity contribution < 1.29 is 27.4 Å². The number of para-hydroxylation sites is 1. The van der Waals surface area contributed by atoms with Gasteiger partial charge in [0.05, 0.1) is 38.4 Å². The molecule has 4 aromatic rings. The Labute approximate surface area is 239 Å². The highest BCUT2D eigenvalue weighted by atomic mass is 32.2. The highest BCUT2D eigenvalue weighted by molar-refractivity contribution is 7.93. The van der Waals surface area contributed by atoms with E-state index in [1.807, 2.05) is 13.0 Å². The van der Waals surface area contributed by atoms with E-state index in [-0.39, 0.29) is 17.6 Å². The van der Waals surface area contributed by atoms with E-state index in [2.05, 4.69) is 26.6 Å². The molecule has 0 aliphatic heterocycles. The van der Waals surface area contributed by atoms with Gasteiger partial charge in [0.25, 0.3) is 0 Å². The van der Waals surface area contributed by atoms with Crippen molar-refractivity contribution in [2.24, 2.45) is 0 Å². The summed E-state index contributed by atoms with van der Waals surface area (Å²) in [5.74, 6) is 1.88. The molecule has 1 aliphatic carbocycles. The van der Waals surface area contributed by atoms with E-state index in [0.717, 1.165) is 12.8 Å². The van der Waals surface area contributed by atoms with Gasteiger partial charge in [-0.3, -0.25) is 9.29 Å². The molecule has 0 radical (unpaired) electrons. The van der Waals surface area contributed by atoms with Gasteiger partial charge < -0.3 is 18.9 Å². The molecule has 218 valence electrons. The van der Waals surface area contributed by atoms with Gasteiger partial charge in [0, 0.05) is 12.7 Å². The topological polar surface area (TPSA) is 140 Å². The van der Waals surface area contributed by atoms with Crippen LogP contribution in [0.25, 0.3) is 28.5 Å². The number of sulfonamides is 1. The van der Waals surface area contributed by atoms with Crippen molar-refractivity contribution in [1.82, 2.24) is 24.5 Å². The van der Waals surface area contributed by atoms with E-state index < -0.39 is 15.3 Å². The molecular weight excluding hydrogens is 548 g/mol. The van der Waals surface area contributed by atoms with Gasteiger partial charge in [0.15, 0.2) is 22.9 Å². The van der Waals surface area contributed by atoms with Crippen LogP contribution < -0.4 is 18.9 Å². The number of hydrogen-bond acceptors (Lipinski definition) is 10. The number of hydrogen-bond donors (Lipinski definition) is 1. The average Bonchev–Trinajstić information content (AvgIpc) is 3.32. The van der Waals surface area contributed by atoms with Gasteiger partial charge in [-0.1, -0.05) is 25.5 Å². The maximum Gasteiger partial charge on any atom is 0.237 e. The Morgan fingerprint density at radius 2 is 1.73 bits per heavy atom. The fourth-order valence-corrected chi connectivity index (χ4v) is 6.13. The standard InChI is InChI=1S/C28H34N6O6S/c1-5-7-14-40-18-15-19(16-18)41(35,36)33-23-17-29-26-28(31-23)34(25-21(37-3)11-9-12-22(25)38-4)27(32-26)20-10-8-13-24(30-20)39-6-2/h8-13,17-19H,5-7,14-16H2,1-4H3,(H,31,33)/t18-,19-. The van der Waals surface area contributed by atoms with Crippen LogP contribution in [0.1, 0.15) is 39.5 Å². The number of nitrogens with one attached hydrogen (secondary N) is 1. The quantitative estimate of drug-likeness (QED) is 0.226. The summed E-state index contributed by atoms with van der Waals surface area (Å²) in [5.41, 5.74) is 1.59. The number of ether oxygens (including phenoxy) is 4. The highest BCUT2D eigenvalue weighted by Crippen LogP contribution is 2.38. The van der Waals surface area contributed by atoms with Gasteiger partial charge >= 0.3 is 0 Å². The minimum absolute atomic E-state index is 0.0429. The first-order valence-electron chi connectivity index (χ1n) is 13.6. The number of anilines is 1. The Bertz CT molecular complexity index is 1600. The van der Waals surface area contributed by atoms with Crippen LogP contribution in [-0.2, 0) is 14.8 Å². The first kappa shape index (κ1) is 28.6. The number of methoxy groups -OCH3 is 2. The lowest BCUT2D eigenvalue weighted by Crippen LogP contribution is -2.43. The van der Waals surface area contributed by atoms with Crippen molar-refractivity contribution in [2.75, 3.05) is 32.2 Å². The first-order chi connectivity index (χ1) is 19.9. The Morgan fingerprint density at radius 1 is 1.00 bits per heavy atom. The zero-order valence-corrected chi connectivity index (χ0v) is 24.3. The Hall–Kier alpha value is -3.97. The third kappa shape index (κ3) is 5.91. The summed E-state index contributed by atoms with van der Waals surface area (Å²) < 4.78 is 53.4. The van der Waals surface area contributed by atoms with E-state index >= 15 is 0 Å². The fraction of sp³-hybridized carbons (Fsp3) is 0.429. The molecule has 1 saturated carbocycles. The van der Waals surface area contributed by atoms with Crippen molar-refractivity contribution in [3.05, 3.63) is 42.6 Å². The van der Waals surface area contributed by atoms with Gasteiger partial charge in [0.1, 0.15) is 22.9 Å². The van der Waals surface area contributed by atoms with Crippen LogP contribution in [0, 0.1) is 0 Å². The molecule has 1 fully saturated rings. The monoisotopic (exact) mass is 582 g/mol. The third-order valence-electron chi connectivity index (χ3n) is 6.83. The number of pyridine rings is 1. The largest absolute Gasteiger partial charge is 0.494 e. The zero-order valence-electron chi connectivity index (χ0n) is 23.5. The second-order valence-corrected chi connectivity index (χ2v) is 11.5. The summed E-state index contributed by atoms with van der Waals surface area (Å²) in [7, 11) is -0.610. The lowest BCUT2D eigenvalue weighted by molar-refractivity contribution is 0.00343. The number of imidazole rings is 1. The van der Waals surface area contributed by atoms with Crippen LogP contribution in [0.3, 0.4) is 0 Å². The lowest BCUT2D eigenvalue weighted by Gasteiger charge is -2.34. The summed E-state index contributed by atoms with van der Waals surface area (Å²) in [6, 6.07) is 10.7. The summed E-state index contributed by atoms with van der Waals surface area (Å²) in [6.07, 6.45) is 4.19. The molecule has 1 aliphatic rings. The minimum atomic E-state index is -3.71. The molecule has 1 aromatic carbocycles. The molecule has 0 saturated heterocycles. The van der Waals surface area contributed by atoms with E-state index in [4.69, 9.17) is 23.9 Å². The summed E-state index contributed by atoms with van der Waals surface area (Å²) in [5, 5.41) is -0.563. The number of fused-ring (bicyclic) bond motifs is 1. The predicted molar refractivity (Wildman–Crippen MR) is 154 cm³/mol. The molecule has 13 heteroatoms. The van der Waals surface area contributed by atoms with Crippen LogP contribution in [0.4, 0.5) is 5.82 Å².